The van der Waals surface area contributed by atoms with Crippen LogP contribution >= 0.6 is 0 Å². The van der Waals surface area contributed by atoms with Crippen molar-refractivity contribution in [3.8, 4) is 0 Å². The van der Waals surface area contributed by atoms with Gasteiger partial charge in [-0.15, -0.1) is 0 Å². The predicted molar refractivity (Wildman–Crippen MR) is 84.0 cm³/mol. The molecule has 0 aliphatic heterocycles. The highest BCUT2D eigenvalue weighted by Crippen LogP contribution is 2.64. The summed E-state index contributed by atoms with van der Waals surface area (Å²) in [4.78, 5) is 9.12. The molecule has 0 radical (unpaired) electrons. The summed E-state index contributed by atoms with van der Waals surface area (Å²) in [6.45, 7) is 16.1. The molecule has 0 heterocycles. The van der Waals surface area contributed by atoms with E-state index in [1.165, 1.54) is 6.42 Å². The van der Waals surface area contributed by atoms with Crippen LogP contribution in [0.3, 0.4) is 0 Å². The van der Waals surface area contributed by atoms with Crippen LogP contribution in [-0.4, -0.2) is 23.7 Å². The minimum absolute atomic E-state index is 0.0906. The summed E-state index contributed by atoms with van der Waals surface area (Å²) < 4.78 is 0. The van der Waals surface area contributed by atoms with E-state index >= 15 is 0 Å². The Hall–Kier alpha value is -0.160. The molecule has 1 aliphatic carbocycles. The molecule has 1 saturated carbocycles. The van der Waals surface area contributed by atoms with Gasteiger partial charge in [-0.2, -0.15) is 0 Å². The Morgan fingerprint density at radius 1 is 0.952 bits per heavy atom. The SMILES string of the molecule is CC1CC(C)(C)CC(C(C)(C)COO)(C(C)(C)COO)C1. The monoisotopic (exact) mass is 302 g/mol. The van der Waals surface area contributed by atoms with Crippen molar-refractivity contribution < 1.29 is 20.3 Å². The van der Waals surface area contributed by atoms with Crippen LogP contribution in [0.5, 0.6) is 0 Å². The summed E-state index contributed by atoms with van der Waals surface area (Å²) in [5, 5.41) is 18.1. The second kappa shape index (κ2) is 6.15. The molecular formula is C17H34O4. The van der Waals surface area contributed by atoms with Crippen molar-refractivity contribution in [3.05, 3.63) is 0 Å². The Kier molecular flexibility index (Phi) is 5.53. The van der Waals surface area contributed by atoms with Crippen molar-refractivity contribution in [1.29, 1.82) is 0 Å². The molecule has 1 unspecified atom stereocenters. The van der Waals surface area contributed by atoms with Gasteiger partial charge < -0.3 is 0 Å². The van der Waals surface area contributed by atoms with Gasteiger partial charge in [-0.05, 0) is 46.8 Å². The normalized spacial score (nSPS) is 25.9. The molecular weight excluding hydrogens is 268 g/mol. The first-order valence-electron chi connectivity index (χ1n) is 7.96. The van der Waals surface area contributed by atoms with Gasteiger partial charge in [0, 0.05) is 0 Å². The fraction of sp³-hybridized carbons (Fsp3) is 1.00. The van der Waals surface area contributed by atoms with Crippen LogP contribution in [0.25, 0.3) is 0 Å². The van der Waals surface area contributed by atoms with E-state index in [1.807, 2.05) is 0 Å². The summed E-state index contributed by atoms with van der Waals surface area (Å²) in [6.07, 6.45) is 3.26. The third-order valence-electron chi connectivity index (χ3n) is 5.82. The van der Waals surface area contributed by atoms with Crippen LogP contribution in [0.2, 0.25) is 0 Å². The Morgan fingerprint density at radius 3 is 1.71 bits per heavy atom. The molecule has 0 amide bonds. The van der Waals surface area contributed by atoms with Crippen LogP contribution in [0, 0.1) is 27.6 Å². The number of hydrogen-bond acceptors (Lipinski definition) is 4. The number of hydrogen-bond donors (Lipinski definition) is 2. The third-order valence-corrected chi connectivity index (χ3v) is 5.82. The third kappa shape index (κ3) is 3.61. The minimum Gasteiger partial charge on any atom is -0.252 e. The first-order valence-corrected chi connectivity index (χ1v) is 7.96. The lowest BCUT2D eigenvalue weighted by molar-refractivity contribution is -0.306. The first kappa shape index (κ1) is 18.9. The lowest BCUT2D eigenvalue weighted by Gasteiger charge is -2.62. The maximum Gasteiger partial charge on any atom is 0.0876 e. The standard InChI is InChI=1S/C17H34O4/c1-13-8-14(2,3)10-17(9-13,15(4,5)11-20-18)16(6,7)12-21-19/h13,18-19H,8-12H2,1-7H3. The highest BCUT2D eigenvalue weighted by Gasteiger charge is 2.59. The average molecular weight is 302 g/mol. The highest BCUT2D eigenvalue weighted by molar-refractivity contribution is 5.07. The summed E-state index contributed by atoms with van der Waals surface area (Å²) in [5.41, 5.74) is -0.324. The Bertz CT molecular complexity index is 329. The van der Waals surface area contributed by atoms with Crippen LogP contribution in [-0.2, 0) is 9.78 Å². The van der Waals surface area contributed by atoms with E-state index < -0.39 is 0 Å². The van der Waals surface area contributed by atoms with E-state index in [2.05, 4.69) is 58.2 Å². The minimum atomic E-state index is -0.226. The van der Waals surface area contributed by atoms with Gasteiger partial charge in [0.25, 0.3) is 0 Å². The molecule has 0 spiro atoms. The van der Waals surface area contributed by atoms with Crippen molar-refractivity contribution in [1.82, 2.24) is 0 Å². The zero-order chi connectivity index (χ0) is 16.5. The smallest absolute Gasteiger partial charge is 0.0876 e. The molecule has 0 saturated heterocycles. The van der Waals surface area contributed by atoms with Crippen LogP contribution in [0.15, 0.2) is 0 Å². The van der Waals surface area contributed by atoms with E-state index in [1.54, 1.807) is 0 Å². The Balaban J connectivity index is 3.35. The second-order valence-corrected chi connectivity index (χ2v) is 9.25. The fourth-order valence-corrected chi connectivity index (χ4v) is 5.12. The van der Waals surface area contributed by atoms with E-state index in [-0.39, 0.29) is 34.9 Å². The zero-order valence-corrected chi connectivity index (χ0v) is 14.8. The van der Waals surface area contributed by atoms with E-state index in [4.69, 9.17) is 10.5 Å². The maximum atomic E-state index is 9.06. The Morgan fingerprint density at radius 2 is 1.38 bits per heavy atom. The van der Waals surface area contributed by atoms with Crippen LogP contribution in [0.4, 0.5) is 0 Å². The molecule has 0 aromatic heterocycles. The first-order chi connectivity index (χ1) is 9.43. The van der Waals surface area contributed by atoms with Gasteiger partial charge in [0.2, 0.25) is 0 Å². The molecule has 1 rings (SSSR count). The molecule has 1 aliphatic rings. The summed E-state index contributed by atoms with van der Waals surface area (Å²) in [5.74, 6) is 0.588. The van der Waals surface area contributed by atoms with Gasteiger partial charge in [-0.25, -0.2) is 9.78 Å². The van der Waals surface area contributed by atoms with E-state index in [0.29, 0.717) is 5.92 Å². The molecule has 0 aromatic rings. The van der Waals surface area contributed by atoms with Crippen molar-refractivity contribution >= 4 is 0 Å². The second-order valence-electron chi connectivity index (χ2n) is 9.25. The summed E-state index contributed by atoms with van der Waals surface area (Å²) in [6, 6.07) is 0. The molecule has 0 bridgehead atoms. The quantitative estimate of drug-likeness (QED) is 0.544. The van der Waals surface area contributed by atoms with Gasteiger partial charge in [-0.1, -0.05) is 48.5 Å². The van der Waals surface area contributed by atoms with Gasteiger partial charge in [0.15, 0.2) is 0 Å². The zero-order valence-electron chi connectivity index (χ0n) is 14.8. The van der Waals surface area contributed by atoms with Crippen molar-refractivity contribution in [3.63, 3.8) is 0 Å². The van der Waals surface area contributed by atoms with Crippen molar-refractivity contribution in [2.24, 2.45) is 27.6 Å². The molecule has 4 nitrogen and oxygen atoms in total. The van der Waals surface area contributed by atoms with Gasteiger partial charge in [0.05, 0.1) is 13.2 Å². The average Bonchev–Trinajstić information content (AvgIpc) is 2.25. The lowest BCUT2D eigenvalue weighted by Crippen LogP contribution is -2.57. The predicted octanol–water partition coefficient (Wildman–Crippen LogP) is 4.85. The molecule has 2 N–H and O–H groups in total. The van der Waals surface area contributed by atoms with E-state index in [0.717, 1.165) is 12.8 Å². The fourth-order valence-electron chi connectivity index (χ4n) is 5.12. The largest absolute Gasteiger partial charge is 0.252 e. The van der Waals surface area contributed by atoms with Gasteiger partial charge >= 0.3 is 0 Å². The summed E-state index contributed by atoms with van der Waals surface area (Å²) >= 11 is 0. The molecule has 4 heteroatoms. The molecule has 1 fully saturated rings. The van der Waals surface area contributed by atoms with Crippen molar-refractivity contribution in [2.45, 2.75) is 67.7 Å². The van der Waals surface area contributed by atoms with E-state index in [9.17, 15) is 0 Å². The van der Waals surface area contributed by atoms with Gasteiger partial charge in [0.1, 0.15) is 0 Å². The van der Waals surface area contributed by atoms with Crippen LogP contribution < -0.4 is 0 Å². The molecule has 21 heavy (non-hydrogen) atoms. The molecule has 0 aromatic carbocycles. The maximum absolute atomic E-state index is 9.06. The molecule has 1 atom stereocenters. The number of rotatable bonds is 6. The topological polar surface area (TPSA) is 58.9 Å². The Labute approximate surface area is 129 Å². The van der Waals surface area contributed by atoms with Crippen molar-refractivity contribution in [2.75, 3.05) is 13.2 Å². The molecule has 126 valence electrons. The summed E-state index contributed by atoms with van der Waals surface area (Å²) in [7, 11) is 0. The lowest BCUT2D eigenvalue weighted by atomic mass is 9.43. The van der Waals surface area contributed by atoms with Gasteiger partial charge in [-0.3, -0.25) is 10.5 Å². The van der Waals surface area contributed by atoms with Crippen LogP contribution in [0.1, 0.15) is 67.7 Å². The highest BCUT2D eigenvalue weighted by atomic mass is 17.1.